The van der Waals surface area contributed by atoms with Crippen LogP contribution < -0.4 is 5.32 Å². The molecule has 1 fully saturated rings. The molecule has 2 rings (SSSR count). The topological polar surface area (TPSA) is 78.6 Å². The molecular weight excluding hydrogens is 306 g/mol. The number of aliphatic hydroxyl groups excluding tert-OH is 1. The van der Waals surface area contributed by atoms with E-state index in [1.54, 1.807) is 12.1 Å². The molecule has 1 aromatic rings. The third kappa shape index (κ3) is 5.21. The minimum absolute atomic E-state index is 0.0483. The number of nitrogens with one attached hydrogen (secondary N) is 1. The third-order valence-corrected chi connectivity index (χ3v) is 4.24. The van der Waals surface area contributed by atoms with Gasteiger partial charge in [0, 0.05) is 25.7 Å². The number of hydrogen-bond donors (Lipinski definition) is 2. The predicted octanol–water partition coefficient (Wildman–Crippen LogP) is 2.18. The molecule has 0 atom stereocenters. The first-order valence-electron chi connectivity index (χ1n) is 7.60. The SMILES string of the molecule is O=[N+]([O-])c1cc(CNCCCN2CCC(O)CC2)ccc1Cl. The maximum absolute atomic E-state index is 10.8. The third-order valence-electron chi connectivity index (χ3n) is 3.92. The summed E-state index contributed by atoms with van der Waals surface area (Å²) in [7, 11) is 0. The summed E-state index contributed by atoms with van der Waals surface area (Å²) in [5.74, 6) is 0. The highest BCUT2D eigenvalue weighted by Crippen LogP contribution is 2.24. The maximum atomic E-state index is 10.8. The molecule has 6 nitrogen and oxygen atoms in total. The lowest BCUT2D eigenvalue weighted by Gasteiger charge is -2.29. The fraction of sp³-hybridized carbons (Fsp3) is 0.600. The summed E-state index contributed by atoms with van der Waals surface area (Å²) in [4.78, 5) is 12.7. The van der Waals surface area contributed by atoms with Crippen LogP contribution in [-0.4, -0.2) is 47.2 Å². The van der Waals surface area contributed by atoms with E-state index in [2.05, 4.69) is 10.2 Å². The van der Waals surface area contributed by atoms with Gasteiger partial charge in [-0.25, -0.2) is 0 Å². The summed E-state index contributed by atoms with van der Waals surface area (Å²) in [5, 5.41) is 23.7. The van der Waals surface area contributed by atoms with Crippen LogP contribution in [0.25, 0.3) is 0 Å². The van der Waals surface area contributed by atoms with Gasteiger partial charge >= 0.3 is 0 Å². The van der Waals surface area contributed by atoms with Gasteiger partial charge in [-0.2, -0.15) is 0 Å². The zero-order valence-electron chi connectivity index (χ0n) is 12.5. The Morgan fingerprint density at radius 3 is 2.82 bits per heavy atom. The number of hydrogen-bond acceptors (Lipinski definition) is 5. The smallest absolute Gasteiger partial charge is 0.288 e. The number of likely N-dealkylation sites (tertiary alicyclic amines) is 1. The molecule has 1 saturated heterocycles. The molecule has 0 aromatic heterocycles. The number of nitro groups is 1. The van der Waals surface area contributed by atoms with Crippen molar-refractivity contribution in [3.8, 4) is 0 Å². The van der Waals surface area contributed by atoms with Gasteiger partial charge in [0.2, 0.25) is 0 Å². The van der Waals surface area contributed by atoms with Gasteiger partial charge in [-0.3, -0.25) is 10.1 Å². The molecule has 0 saturated carbocycles. The maximum Gasteiger partial charge on any atom is 0.288 e. The molecule has 1 aromatic carbocycles. The Morgan fingerprint density at radius 1 is 1.41 bits per heavy atom. The fourth-order valence-electron chi connectivity index (χ4n) is 2.61. The van der Waals surface area contributed by atoms with Crippen molar-refractivity contribution >= 4 is 17.3 Å². The molecule has 7 heteroatoms. The summed E-state index contributed by atoms with van der Waals surface area (Å²) >= 11 is 5.79. The molecule has 0 radical (unpaired) electrons. The molecular formula is C15H22ClN3O3. The molecule has 1 aliphatic heterocycles. The van der Waals surface area contributed by atoms with Crippen molar-refractivity contribution in [1.82, 2.24) is 10.2 Å². The number of nitrogens with zero attached hydrogens (tertiary/aromatic N) is 2. The Bertz CT molecular complexity index is 505. The van der Waals surface area contributed by atoms with E-state index in [4.69, 9.17) is 11.6 Å². The Kier molecular flexibility index (Phi) is 6.57. The molecule has 22 heavy (non-hydrogen) atoms. The minimum Gasteiger partial charge on any atom is -0.393 e. The molecule has 0 unspecified atom stereocenters. The predicted molar refractivity (Wildman–Crippen MR) is 86.1 cm³/mol. The molecule has 122 valence electrons. The van der Waals surface area contributed by atoms with Crippen LogP contribution in [0.3, 0.4) is 0 Å². The van der Waals surface area contributed by atoms with Crippen LogP contribution in [0.15, 0.2) is 18.2 Å². The summed E-state index contributed by atoms with van der Waals surface area (Å²) in [6.45, 7) is 4.39. The molecule has 1 aliphatic rings. The lowest BCUT2D eigenvalue weighted by molar-refractivity contribution is -0.384. The van der Waals surface area contributed by atoms with Gasteiger partial charge in [0.05, 0.1) is 11.0 Å². The van der Waals surface area contributed by atoms with Gasteiger partial charge in [0.1, 0.15) is 5.02 Å². The van der Waals surface area contributed by atoms with E-state index in [0.717, 1.165) is 51.0 Å². The highest BCUT2D eigenvalue weighted by atomic mass is 35.5. The summed E-state index contributed by atoms with van der Waals surface area (Å²) < 4.78 is 0. The van der Waals surface area contributed by atoms with Crippen molar-refractivity contribution in [1.29, 1.82) is 0 Å². The number of halogens is 1. The van der Waals surface area contributed by atoms with Crippen molar-refractivity contribution in [2.45, 2.75) is 31.9 Å². The average Bonchev–Trinajstić information content (AvgIpc) is 2.50. The molecule has 0 bridgehead atoms. The van der Waals surface area contributed by atoms with Crippen LogP contribution in [0.5, 0.6) is 0 Å². The highest BCUT2D eigenvalue weighted by Gasteiger charge is 2.16. The average molecular weight is 328 g/mol. The second-order valence-corrected chi connectivity index (χ2v) is 6.05. The zero-order chi connectivity index (χ0) is 15.9. The summed E-state index contributed by atoms with van der Waals surface area (Å²) in [5.41, 5.74) is 0.810. The van der Waals surface area contributed by atoms with Crippen LogP contribution in [0.2, 0.25) is 5.02 Å². The van der Waals surface area contributed by atoms with Crippen LogP contribution in [0.4, 0.5) is 5.69 Å². The fourth-order valence-corrected chi connectivity index (χ4v) is 2.80. The Morgan fingerprint density at radius 2 is 2.14 bits per heavy atom. The van der Waals surface area contributed by atoms with E-state index in [1.807, 2.05) is 0 Å². The number of aliphatic hydroxyl groups is 1. The lowest BCUT2D eigenvalue weighted by Crippen LogP contribution is -2.37. The van der Waals surface area contributed by atoms with Gasteiger partial charge in [0.15, 0.2) is 0 Å². The van der Waals surface area contributed by atoms with E-state index >= 15 is 0 Å². The zero-order valence-corrected chi connectivity index (χ0v) is 13.3. The van der Waals surface area contributed by atoms with Crippen molar-refractivity contribution < 1.29 is 10.0 Å². The molecule has 0 amide bonds. The molecule has 1 heterocycles. The van der Waals surface area contributed by atoms with Gasteiger partial charge in [0.25, 0.3) is 5.69 Å². The first-order chi connectivity index (χ1) is 10.6. The Labute approximate surface area is 135 Å². The Balaban J connectivity index is 1.66. The summed E-state index contributed by atoms with van der Waals surface area (Å²) in [6.07, 6.45) is 2.62. The van der Waals surface area contributed by atoms with E-state index in [0.29, 0.717) is 6.54 Å². The Hall–Kier alpha value is -1.21. The van der Waals surface area contributed by atoms with Gasteiger partial charge in [-0.15, -0.1) is 0 Å². The number of benzene rings is 1. The molecule has 2 N–H and O–H groups in total. The van der Waals surface area contributed by atoms with Gasteiger partial charge in [-0.05, 0) is 44.0 Å². The number of nitro benzene ring substituents is 1. The lowest BCUT2D eigenvalue weighted by atomic mass is 10.1. The van der Waals surface area contributed by atoms with E-state index in [9.17, 15) is 15.2 Å². The minimum atomic E-state index is -0.462. The first kappa shape index (κ1) is 17.1. The monoisotopic (exact) mass is 327 g/mol. The van der Waals surface area contributed by atoms with Gasteiger partial charge < -0.3 is 15.3 Å². The molecule has 0 aliphatic carbocycles. The number of rotatable bonds is 7. The van der Waals surface area contributed by atoms with Gasteiger partial charge in [-0.1, -0.05) is 17.7 Å². The van der Waals surface area contributed by atoms with E-state index in [1.165, 1.54) is 6.07 Å². The van der Waals surface area contributed by atoms with Crippen molar-refractivity contribution in [2.24, 2.45) is 0 Å². The highest BCUT2D eigenvalue weighted by molar-refractivity contribution is 6.32. The second kappa shape index (κ2) is 8.43. The van der Waals surface area contributed by atoms with E-state index < -0.39 is 4.92 Å². The first-order valence-corrected chi connectivity index (χ1v) is 7.98. The summed E-state index contributed by atoms with van der Waals surface area (Å²) in [6, 6.07) is 4.88. The quantitative estimate of drug-likeness (QED) is 0.456. The van der Waals surface area contributed by atoms with Crippen molar-refractivity contribution in [3.63, 3.8) is 0 Å². The largest absolute Gasteiger partial charge is 0.393 e. The van der Waals surface area contributed by atoms with Crippen molar-refractivity contribution in [3.05, 3.63) is 38.9 Å². The normalized spacial score (nSPS) is 16.8. The van der Waals surface area contributed by atoms with Crippen LogP contribution in [0, 0.1) is 10.1 Å². The second-order valence-electron chi connectivity index (χ2n) is 5.65. The molecule has 0 spiro atoms. The van der Waals surface area contributed by atoms with Crippen LogP contribution in [0.1, 0.15) is 24.8 Å². The van der Waals surface area contributed by atoms with Crippen LogP contribution >= 0.6 is 11.6 Å². The standard InChI is InChI=1S/C15H22ClN3O3/c16-14-3-2-12(10-15(14)19(21)22)11-17-6-1-7-18-8-4-13(20)5-9-18/h2-3,10,13,17,20H,1,4-9,11H2. The van der Waals surface area contributed by atoms with E-state index in [-0.39, 0.29) is 16.8 Å². The van der Waals surface area contributed by atoms with Crippen molar-refractivity contribution in [2.75, 3.05) is 26.2 Å². The number of piperidine rings is 1. The van der Waals surface area contributed by atoms with Crippen LogP contribution in [-0.2, 0) is 6.54 Å².